The van der Waals surface area contributed by atoms with Gasteiger partial charge in [-0.15, -0.1) is 0 Å². The van der Waals surface area contributed by atoms with Crippen molar-refractivity contribution in [3.05, 3.63) is 34.2 Å². The molecule has 3 heterocycles. The highest BCUT2D eigenvalue weighted by molar-refractivity contribution is 7.89. The number of amides is 1. The van der Waals surface area contributed by atoms with Gasteiger partial charge in [-0.25, -0.2) is 18.2 Å². The Hall–Kier alpha value is -3.45. The molecule has 0 radical (unpaired) electrons. The Labute approximate surface area is 234 Å². The van der Waals surface area contributed by atoms with E-state index in [4.69, 9.17) is 14.5 Å². The Morgan fingerprint density at radius 1 is 1.20 bits per heavy atom. The summed E-state index contributed by atoms with van der Waals surface area (Å²) in [6.45, 7) is 10.0. The fraction of sp³-hybridized carbons (Fsp3) is 0.556. The van der Waals surface area contributed by atoms with Crippen LogP contribution in [-0.2, 0) is 28.2 Å². The van der Waals surface area contributed by atoms with Crippen LogP contribution in [0.25, 0.3) is 22.4 Å². The average Bonchev–Trinajstić information content (AvgIpc) is 3.19. The second-order valence-electron chi connectivity index (χ2n) is 10.8. The molecule has 1 fully saturated rings. The van der Waals surface area contributed by atoms with Crippen LogP contribution in [0.15, 0.2) is 27.9 Å². The Morgan fingerprint density at radius 2 is 1.90 bits per heavy atom. The zero-order chi connectivity index (χ0) is 29.2. The van der Waals surface area contributed by atoms with Crippen LogP contribution in [0, 0.1) is 0 Å². The minimum absolute atomic E-state index is 0.0622. The van der Waals surface area contributed by atoms with Crippen LogP contribution in [0.5, 0.6) is 5.75 Å². The Bertz CT molecular complexity index is 1550. The molecule has 0 saturated carbocycles. The molecule has 13 heteroatoms. The number of piperidine rings is 1. The summed E-state index contributed by atoms with van der Waals surface area (Å²) < 4.78 is 41.3. The number of carbonyl (C=O) groups is 1. The molecular weight excluding hydrogens is 536 g/mol. The number of aryl methyl sites for hydroxylation is 2. The van der Waals surface area contributed by atoms with E-state index in [1.807, 2.05) is 13.8 Å². The third-order valence-electron chi connectivity index (χ3n) is 6.57. The number of ether oxygens (including phenoxy) is 2. The first-order valence-corrected chi connectivity index (χ1v) is 15.0. The Balaban J connectivity index is 1.63. The van der Waals surface area contributed by atoms with Crippen molar-refractivity contribution in [1.82, 2.24) is 29.4 Å². The van der Waals surface area contributed by atoms with Gasteiger partial charge in [0.05, 0.1) is 22.8 Å². The first-order chi connectivity index (χ1) is 18.8. The predicted molar refractivity (Wildman–Crippen MR) is 151 cm³/mol. The monoisotopic (exact) mass is 574 g/mol. The van der Waals surface area contributed by atoms with Crippen molar-refractivity contribution >= 4 is 27.1 Å². The van der Waals surface area contributed by atoms with Crippen molar-refractivity contribution in [2.24, 2.45) is 7.05 Å². The number of aromatic amines is 1. The third-order valence-corrected chi connectivity index (χ3v) is 8.46. The van der Waals surface area contributed by atoms with Crippen LogP contribution >= 0.6 is 0 Å². The molecule has 0 atom stereocenters. The number of nitrogens with one attached hydrogen (secondary N) is 2. The van der Waals surface area contributed by atoms with Gasteiger partial charge in [0.2, 0.25) is 10.0 Å². The van der Waals surface area contributed by atoms with E-state index in [9.17, 15) is 18.0 Å². The maximum absolute atomic E-state index is 13.6. The molecule has 12 nitrogen and oxygen atoms in total. The summed E-state index contributed by atoms with van der Waals surface area (Å²) in [4.78, 5) is 32.7. The molecule has 0 spiro atoms. The lowest BCUT2D eigenvalue weighted by Crippen LogP contribution is -2.47. The summed E-state index contributed by atoms with van der Waals surface area (Å²) in [5.74, 6) is 0.619. The average molecular weight is 575 g/mol. The van der Waals surface area contributed by atoms with Gasteiger partial charge in [0.25, 0.3) is 5.56 Å². The van der Waals surface area contributed by atoms with Gasteiger partial charge in [-0.05, 0) is 65.2 Å². The number of rotatable bonds is 8. The zero-order valence-electron chi connectivity index (χ0n) is 23.9. The number of alkyl carbamates (subject to hydrolysis) is 1. The quantitative estimate of drug-likeness (QED) is 0.416. The first kappa shape index (κ1) is 29.5. The van der Waals surface area contributed by atoms with Gasteiger partial charge < -0.3 is 19.8 Å². The SMILES string of the molecule is CCCc1nn(C)c2c(=O)[nH]c(-c3cc(S(=O)(=O)N4CCC(NC(=O)OC(C)(C)C)CC4)ccc3OCC)nc12. The van der Waals surface area contributed by atoms with E-state index in [1.165, 1.54) is 21.1 Å². The number of sulfonamides is 1. The lowest BCUT2D eigenvalue weighted by atomic mass is 10.1. The normalized spacial score (nSPS) is 15.3. The Morgan fingerprint density at radius 3 is 2.52 bits per heavy atom. The van der Waals surface area contributed by atoms with Crippen LogP contribution in [0.1, 0.15) is 59.6 Å². The summed E-state index contributed by atoms with van der Waals surface area (Å²) in [5.41, 5.74) is 0.937. The number of H-pyrrole nitrogens is 1. The summed E-state index contributed by atoms with van der Waals surface area (Å²) in [5, 5.41) is 7.29. The highest BCUT2D eigenvalue weighted by Crippen LogP contribution is 2.33. The van der Waals surface area contributed by atoms with E-state index in [2.05, 4.69) is 15.4 Å². The molecule has 1 aliphatic heterocycles. The molecule has 2 N–H and O–H groups in total. The van der Waals surface area contributed by atoms with Crippen molar-refractivity contribution in [3.8, 4) is 17.1 Å². The van der Waals surface area contributed by atoms with Crippen LogP contribution in [0.3, 0.4) is 0 Å². The molecule has 3 aromatic rings. The van der Waals surface area contributed by atoms with Crippen LogP contribution in [0.2, 0.25) is 0 Å². The largest absolute Gasteiger partial charge is 0.493 e. The van der Waals surface area contributed by atoms with Gasteiger partial charge in [-0.1, -0.05) is 13.3 Å². The van der Waals surface area contributed by atoms with Crippen molar-refractivity contribution in [2.75, 3.05) is 19.7 Å². The number of benzene rings is 1. The lowest BCUT2D eigenvalue weighted by Gasteiger charge is -2.32. The van der Waals surface area contributed by atoms with Gasteiger partial charge in [0, 0.05) is 26.2 Å². The van der Waals surface area contributed by atoms with Gasteiger partial charge in [-0.2, -0.15) is 9.40 Å². The molecule has 0 unspecified atom stereocenters. The standard InChI is InChI=1S/C27H38N6O6S/c1-7-9-20-22-23(32(6)31-20)25(34)30-24(29-22)19-16-18(10-11-21(19)38-8-2)40(36,37)33-14-12-17(13-15-33)28-26(35)39-27(3,4)5/h10-11,16-17H,7-9,12-15H2,1-6H3,(H,28,35)(H,29,30,34). The van der Waals surface area contributed by atoms with E-state index >= 15 is 0 Å². The van der Waals surface area contributed by atoms with Gasteiger partial charge in [-0.3, -0.25) is 9.48 Å². The third kappa shape index (κ3) is 6.30. The molecule has 1 amide bonds. The fourth-order valence-corrected chi connectivity index (χ4v) is 6.28. The molecule has 1 aromatic carbocycles. The summed E-state index contributed by atoms with van der Waals surface area (Å²) in [6, 6.07) is 4.39. The summed E-state index contributed by atoms with van der Waals surface area (Å²) >= 11 is 0. The van der Waals surface area contributed by atoms with E-state index in [-0.39, 0.29) is 35.4 Å². The minimum atomic E-state index is -3.87. The Kier molecular flexibility index (Phi) is 8.55. The molecule has 2 aromatic heterocycles. The maximum atomic E-state index is 13.6. The van der Waals surface area contributed by atoms with E-state index < -0.39 is 21.7 Å². The van der Waals surface area contributed by atoms with Crippen LogP contribution in [0.4, 0.5) is 4.79 Å². The molecule has 4 rings (SSSR count). The van der Waals surface area contributed by atoms with Crippen LogP contribution < -0.4 is 15.6 Å². The molecule has 1 aliphatic rings. The number of aromatic nitrogens is 4. The van der Waals surface area contributed by atoms with Gasteiger partial charge in [0.15, 0.2) is 5.52 Å². The van der Waals surface area contributed by atoms with Crippen molar-refractivity contribution in [2.45, 2.75) is 76.8 Å². The van der Waals surface area contributed by atoms with Gasteiger partial charge in [0.1, 0.15) is 22.7 Å². The molecule has 40 heavy (non-hydrogen) atoms. The highest BCUT2D eigenvalue weighted by atomic mass is 32.2. The van der Waals surface area contributed by atoms with E-state index in [0.29, 0.717) is 53.9 Å². The first-order valence-electron chi connectivity index (χ1n) is 13.6. The summed E-state index contributed by atoms with van der Waals surface area (Å²) in [6.07, 6.45) is 1.87. The van der Waals surface area contributed by atoms with Crippen LogP contribution in [-0.4, -0.2) is 69.9 Å². The second kappa shape index (κ2) is 11.6. The highest BCUT2D eigenvalue weighted by Gasteiger charge is 2.31. The summed E-state index contributed by atoms with van der Waals surface area (Å²) in [7, 11) is -2.18. The smallest absolute Gasteiger partial charge is 0.407 e. The molecule has 0 aliphatic carbocycles. The second-order valence-corrected chi connectivity index (χ2v) is 12.8. The molecule has 218 valence electrons. The lowest BCUT2D eigenvalue weighted by molar-refractivity contribution is 0.0489. The minimum Gasteiger partial charge on any atom is -0.493 e. The number of nitrogens with zero attached hydrogens (tertiary/aromatic N) is 4. The van der Waals surface area contributed by atoms with E-state index in [0.717, 1.165) is 6.42 Å². The number of hydrogen-bond acceptors (Lipinski definition) is 8. The number of fused-ring (bicyclic) bond motifs is 1. The fourth-order valence-electron chi connectivity index (χ4n) is 4.78. The van der Waals surface area contributed by atoms with Gasteiger partial charge >= 0.3 is 6.09 Å². The molecular formula is C27H38N6O6S. The predicted octanol–water partition coefficient (Wildman–Crippen LogP) is 3.35. The molecule has 1 saturated heterocycles. The van der Waals surface area contributed by atoms with Crippen molar-refractivity contribution in [1.29, 1.82) is 0 Å². The van der Waals surface area contributed by atoms with Crippen molar-refractivity contribution < 1.29 is 22.7 Å². The molecule has 0 bridgehead atoms. The maximum Gasteiger partial charge on any atom is 0.407 e. The van der Waals surface area contributed by atoms with Crippen molar-refractivity contribution in [3.63, 3.8) is 0 Å². The topological polar surface area (TPSA) is 149 Å². The number of hydrogen-bond donors (Lipinski definition) is 2. The van der Waals surface area contributed by atoms with E-state index in [1.54, 1.807) is 33.9 Å². The zero-order valence-corrected chi connectivity index (χ0v) is 24.7. The number of carbonyl (C=O) groups excluding carboxylic acids is 1.